The van der Waals surface area contributed by atoms with Gasteiger partial charge in [-0.1, -0.05) is 18.2 Å². The number of amides is 4. The molecule has 3 aliphatic rings. The lowest BCUT2D eigenvalue weighted by molar-refractivity contribution is -0.137. The van der Waals surface area contributed by atoms with Crippen molar-refractivity contribution >= 4 is 23.6 Å². The molecule has 0 bridgehead atoms. The molecule has 10 nitrogen and oxygen atoms in total. The van der Waals surface area contributed by atoms with Crippen LogP contribution in [0.15, 0.2) is 30.3 Å². The van der Waals surface area contributed by atoms with Crippen molar-refractivity contribution < 1.29 is 23.9 Å². The van der Waals surface area contributed by atoms with Crippen LogP contribution in [0.3, 0.4) is 0 Å². The Morgan fingerprint density at radius 3 is 2.54 bits per heavy atom. The number of nitrogens with one attached hydrogen (secondary N) is 3. The van der Waals surface area contributed by atoms with Gasteiger partial charge < -0.3 is 25.6 Å². The molecule has 4 amide bonds. The van der Waals surface area contributed by atoms with Crippen LogP contribution in [-0.2, 0) is 19.1 Å². The van der Waals surface area contributed by atoms with Gasteiger partial charge in [-0.2, -0.15) is 0 Å². The van der Waals surface area contributed by atoms with Gasteiger partial charge in [-0.3, -0.25) is 24.1 Å². The number of nitrogens with zero attached hydrogens (tertiary/aromatic N) is 2. The first-order valence-electron chi connectivity index (χ1n) is 15.3. The minimum Gasteiger partial charge on any atom is -0.381 e. The van der Waals surface area contributed by atoms with Crippen LogP contribution in [0.25, 0.3) is 0 Å². The van der Waals surface area contributed by atoms with Gasteiger partial charge in [-0.15, -0.1) is 0 Å². The molecule has 0 unspecified atom stereocenters. The molecule has 0 aliphatic carbocycles. The normalized spacial score (nSPS) is 25.9. The monoisotopic (exact) mass is 569 g/mol. The van der Waals surface area contributed by atoms with Crippen LogP contribution in [0.1, 0.15) is 68.1 Å². The molecule has 226 valence electrons. The molecule has 0 spiro atoms. The molecule has 3 saturated heterocycles. The molecular formula is C31H47N5O5. The van der Waals surface area contributed by atoms with Crippen LogP contribution in [0.2, 0.25) is 0 Å². The molecule has 3 atom stereocenters. The highest BCUT2D eigenvalue weighted by Gasteiger charge is 2.35. The van der Waals surface area contributed by atoms with Crippen molar-refractivity contribution in [3.05, 3.63) is 35.9 Å². The summed E-state index contributed by atoms with van der Waals surface area (Å²) in [4.78, 5) is 55.2. The second-order valence-electron chi connectivity index (χ2n) is 11.8. The summed E-state index contributed by atoms with van der Waals surface area (Å²) in [6.07, 6.45) is 6.61. The average molecular weight is 570 g/mol. The lowest BCUT2D eigenvalue weighted by Crippen LogP contribution is -2.50. The van der Waals surface area contributed by atoms with Crippen LogP contribution in [0.5, 0.6) is 0 Å². The molecule has 0 saturated carbocycles. The minimum absolute atomic E-state index is 0.00136. The second-order valence-corrected chi connectivity index (χ2v) is 11.8. The van der Waals surface area contributed by atoms with Crippen molar-refractivity contribution in [2.45, 2.75) is 69.9 Å². The number of rotatable bonds is 7. The van der Waals surface area contributed by atoms with Gasteiger partial charge in [0.1, 0.15) is 0 Å². The Kier molecular flexibility index (Phi) is 12.0. The van der Waals surface area contributed by atoms with E-state index in [1.54, 1.807) is 19.2 Å². The maximum Gasteiger partial charge on any atom is 0.251 e. The number of hydrogen-bond donors (Lipinski definition) is 3. The van der Waals surface area contributed by atoms with E-state index in [0.29, 0.717) is 43.5 Å². The standard InChI is InChI=1S/C31H47N5O5/c1-35-22-29(38)34-26(9-5-6-14-33-31(40)23-7-3-2-4-8-23)20-28(37)32-15-10-25-21-36(27-12-17-41-18-13-27)16-11-24(25)19-30(35)39/h2-4,7-8,24-27H,5-6,9-22H2,1H3,(H,32,37)(H,33,40)(H,34,38)/t24-,25-,26-/m0/s1. The van der Waals surface area contributed by atoms with Crippen LogP contribution in [0, 0.1) is 11.8 Å². The van der Waals surface area contributed by atoms with Crippen molar-refractivity contribution in [3.63, 3.8) is 0 Å². The number of unbranched alkanes of at least 4 members (excludes halogenated alkanes) is 1. The fourth-order valence-corrected chi connectivity index (χ4v) is 6.37. The quantitative estimate of drug-likeness (QED) is 0.432. The van der Waals surface area contributed by atoms with Crippen LogP contribution in [-0.4, -0.2) is 98.5 Å². The highest BCUT2D eigenvalue weighted by Crippen LogP contribution is 2.32. The minimum atomic E-state index is -0.329. The van der Waals surface area contributed by atoms with E-state index in [2.05, 4.69) is 20.9 Å². The van der Waals surface area contributed by atoms with E-state index >= 15 is 0 Å². The number of ether oxygens (including phenoxy) is 1. The molecule has 3 N–H and O–H groups in total. The third-order valence-corrected chi connectivity index (χ3v) is 8.81. The van der Waals surface area contributed by atoms with E-state index < -0.39 is 0 Å². The average Bonchev–Trinajstić information content (AvgIpc) is 2.97. The first-order chi connectivity index (χ1) is 19.9. The topological polar surface area (TPSA) is 120 Å². The summed E-state index contributed by atoms with van der Waals surface area (Å²) in [5, 5.41) is 8.98. The van der Waals surface area contributed by atoms with Crippen LogP contribution in [0.4, 0.5) is 0 Å². The van der Waals surface area contributed by atoms with Crippen molar-refractivity contribution in [2.75, 3.05) is 53.0 Å². The van der Waals surface area contributed by atoms with E-state index in [0.717, 1.165) is 64.8 Å². The lowest BCUT2D eigenvalue weighted by atomic mass is 9.80. The predicted octanol–water partition coefficient (Wildman–Crippen LogP) is 1.95. The summed E-state index contributed by atoms with van der Waals surface area (Å²) in [5.41, 5.74) is 0.622. The highest BCUT2D eigenvalue weighted by molar-refractivity contribution is 5.94. The number of hydrogen-bond acceptors (Lipinski definition) is 6. The van der Waals surface area contributed by atoms with Gasteiger partial charge >= 0.3 is 0 Å². The molecule has 1 aromatic carbocycles. The Hall–Kier alpha value is -2.98. The number of fused-ring (bicyclic) bond motifs is 1. The molecule has 0 radical (unpaired) electrons. The summed E-state index contributed by atoms with van der Waals surface area (Å²) in [6.45, 7) is 4.60. The fraction of sp³-hybridized carbons (Fsp3) is 0.677. The molecular weight excluding hydrogens is 522 g/mol. The Morgan fingerprint density at radius 1 is 0.976 bits per heavy atom. The Labute approximate surface area is 243 Å². The molecule has 1 aromatic rings. The van der Waals surface area contributed by atoms with Gasteiger partial charge in [0, 0.05) is 70.4 Å². The van der Waals surface area contributed by atoms with Gasteiger partial charge in [0.25, 0.3) is 5.91 Å². The molecule has 3 heterocycles. The zero-order valence-electron chi connectivity index (χ0n) is 24.4. The Balaban J connectivity index is 1.29. The van der Waals surface area contributed by atoms with Gasteiger partial charge in [0.05, 0.1) is 6.54 Å². The number of likely N-dealkylation sites (N-methyl/N-ethyl adjacent to an activating group) is 1. The summed E-state index contributed by atoms with van der Waals surface area (Å²) in [6, 6.07) is 9.28. The van der Waals surface area contributed by atoms with E-state index in [4.69, 9.17) is 4.74 Å². The Bertz CT molecular complexity index is 1020. The van der Waals surface area contributed by atoms with Crippen molar-refractivity contribution in [2.24, 2.45) is 11.8 Å². The van der Waals surface area contributed by atoms with Gasteiger partial charge in [0.2, 0.25) is 17.7 Å². The summed E-state index contributed by atoms with van der Waals surface area (Å²) in [7, 11) is 1.69. The summed E-state index contributed by atoms with van der Waals surface area (Å²) in [5.74, 6) is 0.144. The zero-order valence-corrected chi connectivity index (χ0v) is 24.4. The molecule has 3 aliphatic heterocycles. The van der Waals surface area contributed by atoms with Crippen LogP contribution < -0.4 is 16.0 Å². The van der Waals surface area contributed by atoms with E-state index in [1.807, 2.05) is 18.2 Å². The maximum absolute atomic E-state index is 13.1. The van der Waals surface area contributed by atoms with Crippen LogP contribution >= 0.6 is 0 Å². The smallest absolute Gasteiger partial charge is 0.251 e. The summed E-state index contributed by atoms with van der Waals surface area (Å²) < 4.78 is 5.56. The first kappa shape index (κ1) is 31.0. The Morgan fingerprint density at radius 2 is 1.76 bits per heavy atom. The molecule has 41 heavy (non-hydrogen) atoms. The fourth-order valence-electron chi connectivity index (χ4n) is 6.37. The second kappa shape index (κ2) is 15.9. The van der Waals surface area contributed by atoms with Gasteiger partial charge in [-0.25, -0.2) is 0 Å². The number of benzene rings is 1. The highest BCUT2D eigenvalue weighted by atomic mass is 16.5. The maximum atomic E-state index is 13.1. The largest absolute Gasteiger partial charge is 0.381 e. The third-order valence-electron chi connectivity index (χ3n) is 8.81. The molecule has 3 fully saturated rings. The van der Waals surface area contributed by atoms with Crippen molar-refractivity contribution in [1.82, 2.24) is 25.8 Å². The molecule has 0 aromatic heterocycles. The molecule has 4 rings (SSSR count). The number of piperidine rings is 1. The van der Waals surface area contributed by atoms with E-state index in [1.165, 1.54) is 4.90 Å². The number of carbonyl (C=O) groups excluding carboxylic acids is 4. The van der Waals surface area contributed by atoms with E-state index in [-0.39, 0.29) is 48.6 Å². The molecule has 10 heteroatoms. The van der Waals surface area contributed by atoms with Crippen molar-refractivity contribution in [1.29, 1.82) is 0 Å². The lowest BCUT2D eigenvalue weighted by Gasteiger charge is -2.43. The predicted molar refractivity (Wildman–Crippen MR) is 156 cm³/mol. The van der Waals surface area contributed by atoms with Gasteiger partial charge in [0.15, 0.2) is 0 Å². The SMILES string of the molecule is CN1CC(=O)N[C@@H](CCCCNC(=O)c2ccccc2)CC(=O)NCC[C@H]2CN(C3CCOCC3)CC[C@H]2CC1=O. The van der Waals surface area contributed by atoms with E-state index in [9.17, 15) is 19.2 Å². The zero-order chi connectivity index (χ0) is 29.0. The number of likely N-dealkylation sites (tertiary alicyclic amines) is 1. The van der Waals surface area contributed by atoms with Gasteiger partial charge in [-0.05, 0) is 75.5 Å². The van der Waals surface area contributed by atoms with Crippen molar-refractivity contribution in [3.8, 4) is 0 Å². The summed E-state index contributed by atoms with van der Waals surface area (Å²) >= 11 is 0. The first-order valence-corrected chi connectivity index (χ1v) is 15.3. The number of carbonyl (C=O) groups is 4. The third kappa shape index (κ3) is 9.81.